The Hall–Kier alpha value is -1.13. The van der Waals surface area contributed by atoms with Crippen LogP contribution in [-0.2, 0) is 11.3 Å². The molecule has 0 fully saturated rings. The number of nitrogens with zero attached hydrogens (tertiary/aromatic N) is 1. The monoisotopic (exact) mass is 198 g/mol. The molecule has 14 heavy (non-hydrogen) atoms. The molecule has 1 aromatic rings. The Labute approximate surface area is 83.2 Å². The quantitative estimate of drug-likeness (QED) is 0.742. The van der Waals surface area contributed by atoms with Gasteiger partial charge in [-0.15, -0.1) is 0 Å². The van der Waals surface area contributed by atoms with Crippen molar-refractivity contribution in [1.82, 2.24) is 0 Å². The summed E-state index contributed by atoms with van der Waals surface area (Å²) < 4.78 is 13.2. The summed E-state index contributed by atoms with van der Waals surface area (Å²) >= 11 is 0. The standard InChI is InChI=1S/C10H15FN2O/c1-13(2)10-7-8(5-6-14-12)3-4-9(10)11/h3-4,7H,5-6,12H2,1-2H3. The van der Waals surface area contributed by atoms with Gasteiger partial charge in [-0.05, 0) is 24.1 Å². The minimum absolute atomic E-state index is 0.215. The van der Waals surface area contributed by atoms with Crippen LogP contribution in [0.5, 0.6) is 0 Å². The summed E-state index contributed by atoms with van der Waals surface area (Å²) in [5.74, 6) is 4.70. The molecule has 0 unspecified atom stereocenters. The van der Waals surface area contributed by atoms with Crippen LogP contribution in [0.3, 0.4) is 0 Å². The Morgan fingerprint density at radius 1 is 1.43 bits per heavy atom. The molecule has 0 aliphatic rings. The van der Waals surface area contributed by atoms with Crippen molar-refractivity contribution in [3.05, 3.63) is 29.6 Å². The zero-order chi connectivity index (χ0) is 10.6. The summed E-state index contributed by atoms with van der Waals surface area (Å²) in [5, 5.41) is 0. The lowest BCUT2D eigenvalue weighted by atomic mass is 10.1. The highest BCUT2D eigenvalue weighted by atomic mass is 19.1. The van der Waals surface area contributed by atoms with Crippen molar-refractivity contribution >= 4 is 5.69 Å². The van der Waals surface area contributed by atoms with Gasteiger partial charge in [0.05, 0.1) is 12.3 Å². The van der Waals surface area contributed by atoms with Crippen molar-refractivity contribution in [1.29, 1.82) is 0 Å². The average molecular weight is 198 g/mol. The predicted molar refractivity (Wildman–Crippen MR) is 54.6 cm³/mol. The molecule has 78 valence electrons. The van der Waals surface area contributed by atoms with Crippen molar-refractivity contribution in [3.63, 3.8) is 0 Å². The molecule has 0 atom stereocenters. The molecule has 3 nitrogen and oxygen atoms in total. The lowest BCUT2D eigenvalue weighted by Crippen LogP contribution is -2.11. The molecule has 4 heteroatoms. The maximum Gasteiger partial charge on any atom is 0.146 e. The molecule has 0 aromatic heterocycles. The molecular formula is C10H15FN2O. The minimum Gasteiger partial charge on any atom is -0.375 e. The first-order chi connectivity index (χ1) is 6.65. The summed E-state index contributed by atoms with van der Waals surface area (Å²) in [6, 6.07) is 5.00. The maximum absolute atomic E-state index is 13.2. The number of hydrogen-bond acceptors (Lipinski definition) is 3. The number of benzene rings is 1. The van der Waals surface area contributed by atoms with E-state index in [1.54, 1.807) is 17.0 Å². The van der Waals surface area contributed by atoms with Gasteiger partial charge in [-0.1, -0.05) is 6.07 Å². The van der Waals surface area contributed by atoms with Crippen LogP contribution in [0.25, 0.3) is 0 Å². The van der Waals surface area contributed by atoms with Crippen LogP contribution in [-0.4, -0.2) is 20.7 Å². The molecule has 0 aliphatic heterocycles. The van der Waals surface area contributed by atoms with Gasteiger partial charge in [0, 0.05) is 14.1 Å². The molecule has 1 rings (SSSR count). The molecule has 0 radical (unpaired) electrons. The smallest absolute Gasteiger partial charge is 0.146 e. The Morgan fingerprint density at radius 2 is 2.14 bits per heavy atom. The van der Waals surface area contributed by atoms with Gasteiger partial charge in [0.25, 0.3) is 0 Å². The molecule has 0 saturated heterocycles. The molecule has 0 aliphatic carbocycles. The Bertz CT molecular complexity index is 302. The maximum atomic E-state index is 13.2. The van der Waals surface area contributed by atoms with E-state index in [-0.39, 0.29) is 5.82 Å². The predicted octanol–water partition coefficient (Wildman–Crippen LogP) is 1.32. The van der Waals surface area contributed by atoms with Crippen molar-refractivity contribution in [2.75, 3.05) is 25.6 Å². The number of nitrogens with two attached hydrogens (primary N) is 1. The van der Waals surface area contributed by atoms with E-state index in [0.717, 1.165) is 5.56 Å². The number of rotatable bonds is 4. The fourth-order valence-electron chi connectivity index (χ4n) is 1.23. The van der Waals surface area contributed by atoms with E-state index in [9.17, 15) is 4.39 Å². The number of halogens is 1. The van der Waals surface area contributed by atoms with E-state index in [2.05, 4.69) is 4.84 Å². The highest BCUT2D eigenvalue weighted by molar-refractivity contribution is 5.48. The van der Waals surface area contributed by atoms with Crippen molar-refractivity contribution in [2.24, 2.45) is 5.90 Å². The first kappa shape index (κ1) is 10.9. The molecule has 0 heterocycles. The van der Waals surface area contributed by atoms with Crippen LogP contribution >= 0.6 is 0 Å². The van der Waals surface area contributed by atoms with Crippen LogP contribution in [0.2, 0.25) is 0 Å². The highest BCUT2D eigenvalue weighted by Gasteiger charge is 2.04. The normalized spacial score (nSPS) is 10.3. The van der Waals surface area contributed by atoms with E-state index in [1.807, 2.05) is 14.1 Å². The van der Waals surface area contributed by atoms with Crippen molar-refractivity contribution < 1.29 is 9.23 Å². The SMILES string of the molecule is CN(C)c1cc(CCON)ccc1F. The molecule has 0 amide bonds. The zero-order valence-electron chi connectivity index (χ0n) is 8.46. The second kappa shape index (κ2) is 4.93. The third-order valence-electron chi connectivity index (χ3n) is 2.00. The first-order valence-electron chi connectivity index (χ1n) is 4.42. The Morgan fingerprint density at radius 3 is 2.71 bits per heavy atom. The molecule has 1 aromatic carbocycles. The summed E-state index contributed by atoms with van der Waals surface area (Å²) in [7, 11) is 3.61. The summed E-state index contributed by atoms with van der Waals surface area (Å²) in [5.41, 5.74) is 1.60. The Balaban J connectivity index is 2.83. The number of hydrogen-bond donors (Lipinski definition) is 1. The van der Waals surface area contributed by atoms with Gasteiger partial charge in [0.1, 0.15) is 5.82 Å². The van der Waals surface area contributed by atoms with Gasteiger partial charge in [0.15, 0.2) is 0 Å². The zero-order valence-corrected chi connectivity index (χ0v) is 8.46. The van der Waals surface area contributed by atoms with Crippen LogP contribution in [0.15, 0.2) is 18.2 Å². The van der Waals surface area contributed by atoms with Gasteiger partial charge in [-0.3, -0.25) is 0 Å². The summed E-state index contributed by atoms with van der Waals surface area (Å²) in [6.45, 7) is 0.443. The van der Waals surface area contributed by atoms with Gasteiger partial charge >= 0.3 is 0 Å². The van der Waals surface area contributed by atoms with Gasteiger partial charge < -0.3 is 9.74 Å². The summed E-state index contributed by atoms with van der Waals surface area (Å²) in [4.78, 5) is 6.21. The molecule has 2 N–H and O–H groups in total. The van der Waals surface area contributed by atoms with Crippen LogP contribution in [0.4, 0.5) is 10.1 Å². The van der Waals surface area contributed by atoms with E-state index in [1.165, 1.54) is 6.07 Å². The van der Waals surface area contributed by atoms with Crippen molar-refractivity contribution in [2.45, 2.75) is 6.42 Å². The molecular weight excluding hydrogens is 183 g/mol. The molecule has 0 saturated carbocycles. The van der Waals surface area contributed by atoms with Gasteiger partial charge in [-0.2, -0.15) is 0 Å². The fraction of sp³-hybridized carbons (Fsp3) is 0.400. The second-order valence-corrected chi connectivity index (χ2v) is 3.30. The number of anilines is 1. The van der Waals surface area contributed by atoms with E-state index in [4.69, 9.17) is 5.90 Å². The third kappa shape index (κ3) is 2.68. The van der Waals surface area contributed by atoms with Crippen LogP contribution in [0.1, 0.15) is 5.56 Å². The molecule has 0 spiro atoms. The highest BCUT2D eigenvalue weighted by Crippen LogP contribution is 2.18. The first-order valence-corrected chi connectivity index (χ1v) is 4.42. The Kier molecular flexibility index (Phi) is 3.85. The second-order valence-electron chi connectivity index (χ2n) is 3.30. The topological polar surface area (TPSA) is 38.5 Å². The average Bonchev–Trinajstić information content (AvgIpc) is 2.16. The van der Waals surface area contributed by atoms with Crippen LogP contribution < -0.4 is 10.8 Å². The van der Waals surface area contributed by atoms with Gasteiger partial charge in [-0.25, -0.2) is 10.3 Å². The molecule has 0 bridgehead atoms. The lowest BCUT2D eigenvalue weighted by Gasteiger charge is -2.14. The van der Waals surface area contributed by atoms with Crippen molar-refractivity contribution in [3.8, 4) is 0 Å². The van der Waals surface area contributed by atoms with E-state index in [0.29, 0.717) is 18.7 Å². The van der Waals surface area contributed by atoms with Crippen LogP contribution in [0, 0.1) is 5.82 Å². The minimum atomic E-state index is -0.215. The largest absolute Gasteiger partial charge is 0.375 e. The fourth-order valence-corrected chi connectivity index (χ4v) is 1.23. The lowest BCUT2D eigenvalue weighted by molar-refractivity contribution is 0.141. The van der Waals surface area contributed by atoms with E-state index < -0.39 is 0 Å². The third-order valence-corrected chi connectivity index (χ3v) is 2.00. The van der Waals surface area contributed by atoms with Gasteiger partial charge in [0.2, 0.25) is 0 Å². The van der Waals surface area contributed by atoms with E-state index >= 15 is 0 Å². The summed E-state index contributed by atoms with van der Waals surface area (Å²) in [6.07, 6.45) is 0.692.